The fourth-order valence-electron chi connectivity index (χ4n) is 11.9. The van der Waals surface area contributed by atoms with Crippen LogP contribution in [0, 0.1) is 0 Å². The number of hydrogen-bond donors (Lipinski definition) is 2. The van der Waals surface area contributed by atoms with Gasteiger partial charge in [-0.25, -0.2) is 0 Å². The van der Waals surface area contributed by atoms with Crippen LogP contribution in [0.4, 0.5) is 0 Å². The van der Waals surface area contributed by atoms with E-state index in [1.165, 1.54) is 283 Å². The van der Waals surface area contributed by atoms with Gasteiger partial charge in [0.15, 0.2) is 0 Å². The summed E-state index contributed by atoms with van der Waals surface area (Å²) in [6.45, 7) is 4.66. The lowest BCUT2D eigenvalue weighted by molar-refractivity contribution is -0.870. The Morgan fingerprint density at radius 2 is 0.678 bits per heavy atom. The van der Waals surface area contributed by atoms with Crippen molar-refractivity contribution in [2.45, 2.75) is 398 Å². The molecule has 0 aliphatic heterocycles. The molecule has 0 aliphatic rings. The van der Waals surface area contributed by atoms with Gasteiger partial charge in [-0.2, -0.15) is 0 Å². The molecule has 0 spiro atoms. The Kier molecular flexibility index (Phi) is 69.6. The Hall–Kier alpha value is -2.06. The molecule has 90 heavy (non-hydrogen) atoms. The summed E-state index contributed by atoms with van der Waals surface area (Å²) in [5.74, 6) is -0.159. The molecule has 0 radical (unpaired) electrons. The first-order chi connectivity index (χ1) is 44.0. The highest BCUT2D eigenvalue weighted by Crippen LogP contribution is 2.38. The number of carbonyl (C=O) groups is 1. The highest BCUT2D eigenvalue weighted by molar-refractivity contribution is 7.45. The van der Waals surface area contributed by atoms with Crippen molar-refractivity contribution in [2.75, 3.05) is 40.9 Å². The average Bonchev–Trinajstić information content (AvgIpc) is 3.18. The molecule has 3 atom stereocenters. The van der Waals surface area contributed by atoms with Gasteiger partial charge >= 0.3 is 0 Å². The zero-order valence-corrected chi connectivity index (χ0v) is 61.5. The highest BCUT2D eigenvalue weighted by atomic mass is 31.2. The molecule has 0 bridgehead atoms. The second-order valence-corrected chi connectivity index (χ2v) is 29.5. The SMILES string of the molecule is CC/C=C\C/C=C\C/C=C\C/C=C\C/C=C\C/C=C\CCCCCCCCCCCCCCCCCCCCC(=O)NC(COP(=O)([O-])OCC[N+](C)(C)C)C(O)CCCCCCCCCCCCCCCCCCCCCCCCCCCCCCCCC. The molecule has 8 nitrogen and oxygen atoms in total. The van der Waals surface area contributed by atoms with E-state index in [4.69, 9.17) is 9.05 Å². The van der Waals surface area contributed by atoms with Crippen LogP contribution >= 0.6 is 7.82 Å². The summed E-state index contributed by atoms with van der Waals surface area (Å²) in [4.78, 5) is 25.7. The number of phosphoric ester groups is 1. The summed E-state index contributed by atoms with van der Waals surface area (Å²) in [5, 5.41) is 14.1. The van der Waals surface area contributed by atoms with Crippen molar-refractivity contribution in [3.05, 3.63) is 72.9 Å². The first kappa shape index (κ1) is 87.9. The number of phosphoric acid groups is 1. The summed E-state index contributed by atoms with van der Waals surface area (Å²) in [6, 6.07) is -0.804. The number of aliphatic hydroxyl groups is 1. The van der Waals surface area contributed by atoms with Gasteiger partial charge in [0.05, 0.1) is 39.9 Å². The molecule has 3 unspecified atom stereocenters. The number of aliphatic hydroxyl groups excluding tert-OH is 1. The third-order valence-electron chi connectivity index (χ3n) is 18.0. The van der Waals surface area contributed by atoms with Crippen LogP contribution < -0.4 is 10.2 Å². The predicted molar refractivity (Wildman–Crippen MR) is 394 cm³/mol. The number of nitrogens with zero attached hydrogens (tertiary/aromatic N) is 1. The van der Waals surface area contributed by atoms with E-state index in [2.05, 4.69) is 92.1 Å². The fourth-order valence-corrected chi connectivity index (χ4v) is 12.7. The van der Waals surface area contributed by atoms with Gasteiger partial charge < -0.3 is 28.8 Å². The summed E-state index contributed by atoms with van der Waals surface area (Å²) in [7, 11) is 1.32. The molecule has 0 saturated carbocycles. The van der Waals surface area contributed by atoms with E-state index < -0.39 is 20.0 Å². The zero-order chi connectivity index (χ0) is 65.5. The van der Waals surface area contributed by atoms with Crippen LogP contribution in [-0.4, -0.2) is 68.5 Å². The van der Waals surface area contributed by atoms with Gasteiger partial charge in [-0.15, -0.1) is 0 Å². The van der Waals surface area contributed by atoms with E-state index in [0.29, 0.717) is 23.9 Å². The van der Waals surface area contributed by atoms with E-state index in [9.17, 15) is 19.4 Å². The van der Waals surface area contributed by atoms with Crippen LogP contribution in [-0.2, 0) is 18.4 Å². The van der Waals surface area contributed by atoms with Gasteiger partial charge in [0, 0.05) is 6.42 Å². The van der Waals surface area contributed by atoms with E-state index in [1.54, 1.807) is 0 Å². The molecule has 9 heteroatoms. The Labute approximate surface area is 561 Å². The summed E-state index contributed by atoms with van der Waals surface area (Å²) < 4.78 is 23.6. The number of unbranched alkanes of at least 4 members (excludes halogenated alkanes) is 48. The molecule has 0 aromatic carbocycles. The Bertz CT molecular complexity index is 1700. The van der Waals surface area contributed by atoms with Crippen LogP contribution in [0.15, 0.2) is 72.9 Å². The van der Waals surface area contributed by atoms with Gasteiger partial charge in [0.2, 0.25) is 5.91 Å². The Balaban J connectivity index is 3.95. The maximum atomic E-state index is 13.1. The molecule has 1 amide bonds. The van der Waals surface area contributed by atoms with Crippen molar-refractivity contribution >= 4 is 13.7 Å². The third-order valence-corrected chi connectivity index (χ3v) is 18.9. The second-order valence-electron chi connectivity index (χ2n) is 28.0. The number of carbonyl (C=O) groups excluding carboxylic acids is 1. The summed E-state index contributed by atoms with van der Waals surface area (Å²) in [6.07, 6.45) is 100. The van der Waals surface area contributed by atoms with Crippen LogP contribution in [0.2, 0.25) is 0 Å². The van der Waals surface area contributed by atoms with Gasteiger partial charge in [-0.05, 0) is 64.2 Å². The Morgan fingerprint density at radius 3 is 0.989 bits per heavy atom. The normalized spacial score (nSPS) is 13.9. The van der Waals surface area contributed by atoms with Crippen LogP contribution in [0.3, 0.4) is 0 Å². The minimum atomic E-state index is -4.59. The predicted octanol–water partition coefficient (Wildman–Crippen LogP) is 25.0. The maximum Gasteiger partial charge on any atom is 0.268 e. The van der Waals surface area contributed by atoms with E-state index in [1.807, 2.05) is 21.1 Å². The minimum Gasteiger partial charge on any atom is -0.756 e. The summed E-state index contributed by atoms with van der Waals surface area (Å²) in [5.41, 5.74) is 0. The molecule has 528 valence electrons. The van der Waals surface area contributed by atoms with Crippen LogP contribution in [0.5, 0.6) is 0 Å². The third kappa shape index (κ3) is 73.4. The first-order valence-electron chi connectivity index (χ1n) is 39.3. The lowest BCUT2D eigenvalue weighted by Gasteiger charge is -2.30. The smallest absolute Gasteiger partial charge is 0.268 e. The van der Waals surface area contributed by atoms with Crippen molar-refractivity contribution in [1.29, 1.82) is 0 Å². The van der Waals surface area contributed by atoms with E-state index >= 15 is 0 Å². The lowest BCUT2D eigenvalue weighted by Crippen LogP contribution is -2.46. The molecule has 2 N–H and O–H groups in total. The molecule has 0 aliphatic carbocycles. The highest BCUT2D eigenvalue weighted by Gasteiger charge is 2.24. The number of hydrogen-bond acceptors (Lipinski definition) is 6. The number of likely N-dealkylation sites (N-methyl/N-ethyl adjacent to an activating group) is 1. The Morgan fingerprint density at radius 1 is 0.400 bits per heavy atom. The van der Waals surface area contributed by atoms with Crippen molar-refractivity contribution < 1.29 is 32.9 Å². The molecular formula is C81H153N2O6P. The largest absolute Gasteiger partial charge is 0.756 e. The first-order valence-corrected chi connectivity index (χ1v) is 40.7. The van der Waals surface area contributed by atoms with Crippen molar-refractivity contribution in [3.63, 3.8) is 0 Å². The summed E-state index contributed by atoms with van der Waals surface area (Å²) >= 11 is 0. The van der Waals surface area contributed by atoms with Crippen molar-refractivity contribution in [2.24, 2.45) is 0 Å². The topological polar surface area (TPSA) is 108 Å². The standard InChI is InChI=1S/C81H153N2O6P/c1-6-8-10-12-14-16-18-20-22-24-26-28-30-32-34-36-38-39-40-41-42-43-45-47-49-51-53-55-57-59-61-63-65-67-69-71-73-75-81(85)82-79(78-89-90(86,87)88-77-76-83(3,4)5)80(84)74-72-70-68-66-64-62-60-58-56-54-52-50-48-46-44-37-35-33-31-29-27-25-23-21-19-17-15-13-11-9-7-2/h8,10,14,16,20,22,26,28,32,34,38-39,79-80,84H,6-7,9,11-13,15,17-19,21,23-25,27,29-31,33,35-37,40-78H2,1-5H3,(H-,82,85,86,87)/b10-8-,16-14-,22-20-,28-26-,34-32-,39-38-. The number of rotatable bonds is 73. The number of allylic oxidation sites excluding steroid dienone is 12. The van der Waals surface area contributed by atoms with Crippen molar-refractivity contribution in [3.8, 4) is 0 Å². The zero-order valence-electron chi connectivity index (χ0n) is 60.6. The van der Waals surface area contributed by atoms with Crippen molar-refractivity contribution in [1.82, 2.24) is 5.32 Å². The lowest BCUT2D eigenvalue weighted by atomic mass is 10.0. The molecule has 0 saturated heterocycles. The number of amides is 1. The van der Waals surface area contributed by atoms with Gasteiger partial charge in [0.1, 0.15) is 13.2 Å². The average molecular weight is 1280 g/mol. The molecule has 0 rings (SSSR count). The van der Waals surface area contributed by atoms with Gasteiger partial charge in [-0.1, -0.05) is 389 Å². The van der Waals surface area contributed by atoms with Crippen LogP contribution in [0.1, 0.15) is 386 Å². The quantitative estimate of drug-likeness (QED) is 0.0272. The number of quaternary nitrogens is 1. The molecular weight excluding hydrogens is 1130 g/mol. The fraction of sp³-hybridized carbons (Fsp3) is 0.840. The molecule has 0 aromatic rings. The minimum absolute atomic E-state index is 0.0125. The molecule has 0 fully saturated rings. The molecule has 0 aromatic heterocycles. The van der Waals surface area contributed by atoms with E-state index in [0.717, 1.165) is 77.0 Å². The van der Waals surface area contributed by atoms with E-state index in [-0.39, 0.29) is 19.1 Å². The molecule has 0 heterocycles. The maximum absolute atomic E-state index is 13.1. The monoisotopic (exact) mass is 1280 g/mol. The van der Waals surface area contributed by atoms with Crippen LogP contribution in [0.25, 0.3) is 0 Å². The second kappa shape index (κ2) is 71.2. The van der Waals surface area contributed by atoms with Gasteiger partial charge in [-0.3, -0.25) is 9.36 Å². The van der Waals surface area contributed by atoms with Gasteiger partial charge in [0.25, 0.3) is 7.82 Å². The number of nitrogens with one attached hydrogen (secondary N) is 1.